The van der Waals surface area contributed by atoms with E-state index >= 15 is 0 Å². The molecule has 22 heavy (non-hydrogen) atoms. The summed E-state index contributed by atoms with van der Waals surface area (Å²) in [5.41, 5.74) is 3.03. The molecule has 3 nitrogen and oxygen atoms in total. The van der Waals surface area contributed by atoms with Crippen molar-refractivity contribution in [2.24, 2.45) is 17.3 Å². The van der Waals surface area contributed by atoms with Gasteiger partial charge in [-0.15, -0.1) is 0 Å². The second kappa shape index (κ2) is 4.17. The maximum atomic E-state index is 6.59. The van der Waals surface area contributed by atoms with E-state index in [0.29, 0.717) is 11.3 Å². The SMILES string of the molecule is CC1(C)[C@@H]2C[C@H]3OB([C@H]4NCc5ccccc54)O[C@@]3(C)[C@H]1C2. The van der Waals surface area contributed by atoms with Crippen LogP contribution >= 0.6 is 0 Å². The van der Waals surface area contributed by atoms with Gasteiger partial charge < -0.3 is 14.6 Å². The molecule has 5 aliphatic rings. The number of nitrogens with one attached hydrogen (secondary N) is 1. The van der Waals surface area contributed by atoms with E-state index < -0.39 is 0 Å². The number of hydrogen-bond donors (Lipinski definition) is 1. The maximum Gasteiger partial charge on any atom is 0.480 e. The molecule has 1 N–H and O–H groups in total. The Labute approximate surface area is 132 Å². The number of benzene rings is 1. The Morgan fingerprint density at radius 2 is 2.00 bits per heavy atom. The first-order valence-electron chi connectivity index (χ1n) is 8.64. The van der Waals surface area contributed by atoms with Crippen molar-refractivity contribution in [2.45, 2.75) is 57.8 Å². The summed E-state index contributed by atoms with van der Waals surface area (Å²) in [6.07, 6.45) is 2.74. The van der Waals surface area contributed by atoms with Gasteiger partial charge in [0, 0.05) is 6.54 Å². The topological polar surface area (TPSA) is 30.5 Å². The van der Waals surface area contributed by atoms with E-state index in [-0.39, 0.29) is 24.8 Å². The van der Waals surface area contributed by atoms with Crippen LogP contribution in [-0.4, -0.2) is 18.8 Å². The number of fused-ring (bicyclic) bond motifs is 1. The van der Waals surface area contributed by atoms with Crippen LogP contribution in [0.25, 0.3) is 0 Å². The lowest BCUT2D eigenvalue weighted by molar-refractivity contribution is -0.199. The Kier molecular flexibility index (Phi) is 2.57. The van der Waals surface area contributed by atoms with E-state index in [1.54, 1.807) is 0 Å². The molecule has 4 fully saturated rings. The first kappa shape index (κ1) is 13.6. The zero-order valence-electron chi connectivity index (χ0n) is 13.6. The molecule has 4 heteroatoms. The van der Waals surface area contributed by atoms with Gasteiger partial charge in [0.2, 0.25) is 0 Å². The summed E-state index contributed by atoms with van der Waals surface area (Å²) in [6.45, 7) is 8.03. The first-order chi connectivity index (χ1) is 10.5. The molecule has 0 amide bonds. The maximum absolute atomic E-state index is 6.59. The van der Waals surface area contributed by atoms with E-state index in [9.17, 15) is 0 Å². The highest BCUT2D eigenvalue weighted by atomic mass is 16.7. The zero-order chi connectivity index (χ0) is 15.1. The van der Waals surface area contributed by atoms with Crippen LogP contribution in [0.15, 0.2) is 24.3 Å². The molecule has 3 saturated carbocycles. The Morgan fingerprint density at radius 1 is 1.18 bits per heavy atom. The average Bonchev–Trinajstić information content (AvgIpc) is 3.06. The fourth-order valence-electron chi connectivity index (χ4n) is 5.61. The molecular formula is C18H24BNO2. The summed E-state index contributed by atoms with van der Waals surface area (Å²) < 4.78 is 13.0. The largest absolute Gasteiger partial charge is 0.480 e. The van der Waals surface area contributed by atoms with E-state index in [1.807, 2.05) is 0 Å². The minimum absolute atomic E-state index is 0.109. The molecule has 0 unspecified atom stereocenters. The fraction of sp³-hybridized carbons (Fsp3) is 0.667. The van der Waals surface area contributed by atoms with Gasteiger partial charge in [-0.25, -0.2) is 0 Å². The monoisotopic (exact) mass is 297 g/mol. The van der Waals surface area contributed by atoms with Crippen LogP contribution in [0.2, 0.25) is 0 Å². The van der Waals surface area contributed by atoms with E-state index in [4.69, 9.17) is 9.31 Å². The molecule has 0 aromatic heterocycles. The van der Waals surface area contributed by atoms with Crippen LogP contribution in [0, 0.1) is 17.3 Å². The third kappa shape index (κ3) is 1.54. The smallest absolute Gasteiger partial charge is 0.404 e. The highest BCUT2D eigenvalue weighted by Crippen LogP contribution is 2.66. The van der Waals surface area contributed by atoms with Gasteiger partial charge in [0.25, 0.3) is 0 Å². The van der Waals surface area contributed by atoms with Gasteiger partial charge in [-0.1, -0.05) is 38.1 Å². The number of rotatable bonds is 1. The second-order valence-electron chi connectivity index (χ2n) is 8.39. The molecule has 1 aromatic carbocycles. The van der Waals surface area contributed by atoms with Gasteiger partial charge in [0.05, 0.1) is 17.6 Å². The molecule has 5 atom stereocenters. The van der Waals surface area contributed by atoms with Crippen LogP contribution in [-0.2, 0) is 15.9 Å². The lowest BCUT2D eigenvalue weighted by Gasteiger charge is -2.64. The quantitative estimate of drug-likeness (QED) is 0.808. The predicted molar refractivity (Wildman–Crippen MR) is 86.1 cm³/mol. The van der Waals surface area contributed by atoms with Gasteiger partial charge in [-0.2, -0.15) is 0 Å². The van der Waals surface area contributed by atoms with E-state index in [0.717, 1.165) is 18.9 Å². The molecule has 2 aliphatic heterocycles. The van der Waals surface area contributed by atoms with Crippen molar-refractivity contribution in [1.82, 2.24) is 5.32 Å². The normalized spacial score (nSPS) is 44.4. The lowest BCUT2D eigenvalue weighted by atomic mass is 9.43. The van der Waals surface area contributed by atoms with Crippen LogP contribution in [0.3, 0.4) is 0 Å². The van der Waals surface area contributed by atoms with Crippen molar-refractivity contribution in [3.8, 4) is 0 Å². The van der Waals surface area contributed by atoms with Crippen molar-refractivity contribution >= 4 is 7.12 Å². The Bertz CT molecular complexity index is 633. The highest BCUT2D eigenvalue weighted by Gasteiger charge is 2.68. The molecule has 1 saturated heterocycles. The lowest BCUT2D eigenvalue weighted by Crippen LogP contribution is -2.65. The van der Waals surface area contributed by atoms with Crippen LogP contribution in [0.1, 0.15) is 50.7 Å². The fourth-order valence-corrected chi connectivity index (χ4v) is 5.61. The molecule has 2 heterocycles. The van der Waals surface area contributed by atoms with Crippen molar-refractivity contribution in [3.63, 3.8) is 0 Å². The molecule has 2 bridgehead atoms. The molecule has 116 valence electrons. The van der Waals surface area contributed by atoms with Gasteiger partial charge in [-0.05, 0) is 48.1 Å². The summed E-state index contributed by atoms with van der Waals surface area (Å²) in [5, 5.41) is 3.59. The Morgan fingerprint density at radius 3 is 2.82 bits per heavy atom. The van der Waals surface area contributed by atoms with Gasteiger partial charge in [0.1, 0.15) is 0 Å². The third-order valence-corrected chi connectivity index (χ3v) is 7.14. The molecule has 0 spiro atoms. The van der Waals surface area contributed by atoms with Crippen molar-refractivity contribution in [1.29, 1.82) is 0 Å². The highest BCUT2D eigenvalue weighted by molar-refractivity contribution is 6.47. The summed E-state index contributed by atoms with van der Waals surface area (Å²) in [4.78, 5) is 0. The van der Waals surface area contributed by atoms with Crippen molar-refractivity contribution in [2.75, 3.05) is 0 Å². The third-order valence-electron chi connectivity index (χ3n) is 7.14. The zero-order valence-corrected chi connectivity index (χ0v) is 13.6. The van der Waals surface area contributed by atoms with Gasteiger partial charge >= 0.3 is 7.12 Å². The summed E-state index contributed by atoms with van der Waals surface area (Å²) >= 11 is 0. The van der Waals surface area contributed by atoms with Crippen LogP contribution < -0.4 is 5.32 Å². The second-order valence-corrected chi connectivity index (χ2v) is 8.39. The summed E-state index contributed by atoms with van der Waals surface area (Å²) in [6, 6.07) is 8.63. The predicted octanol–water partition coefficient (Wildman–Crippen LogP) is 3.10. The first-order valence-corrected chi connectivity index (χ1v) is 8.64. The van der Waals surface area contributed by atoms with Crippen LogP contribution in [0.5, 0.6) is 0 Å². The molecule has 6 rings (SSSR count). The van der Waals surface area contributed by atoms with Gasteiger partial charge in [0.15, 0.2) is 0 Å². The molecule has 1 aromatic rings. The standard InChI is InChI=1S/C18H24BNO2/c1-17(2)12-8-14(17)18(3)15(9-12)21-19(22-18)16-13-7-5-4-6-11(13)10-20-16/h4-7,12,14-16,20H,8-10H2,1-3H3/t12-,14-,15+,16-,18-/m0/s1. The minimum Gasteiger partial charge on any atom is -0.404 e. The summed E-state index contributed by atoms with van der Waals surface area (Å²) in [7, 11) is -0.145. The Hall–Kier alpha value is -0.835. The van der Waals surface area contributed by atoms with Gasteiger partial charge in [-0.3, -0.25) is 0 Å². The molecule has 0 radical (unpaired) electrons. The number of hydrogen-bond acceptors (Lipinski definition) is 3. The van der Waals surface area contributed by atoms with Crippen LogP contribution in [0.4, 0.5) is 0 Å². The van der Waals surface area contributed by atoms with Crippen molar-refractivity contribution < 1.29 is 9.31 Å². The van der Waals surface area contributed by atoms with E-state index in [2.05, 4.69) is 50.4 Å². The van der Waals surface area contributed by atoms with Crippen molar-refractivity contribution in [3.05, 3.63) is 35.4 Å². The average molecular weight is 297 g/mol. The minimum atomic E-state index is -0.145. The summed E-state index contributed by atoms with van der Waals surface area (Å²) in [5.74, 6) is 1.62. The molecule has 3 aliphatic carbocycles. The Balaban J connectivity index is 1.44. The molecular weight excluding hydrogens is 273 g/mol. The van der Waals surface area contributed by atoms with E-state index in [1.165, 1.54) is 17.5 Å².